The Morgan fingerprint density at radius 1 is 1.17 bits per heavy atom. The lowest BCUT2D eigenvalue weighted by molar-refractivity contribution is 0.408. The molecule has 1 fully saturated rings. The molecule has 3 aromatic rings. The summed E-state index contributed by atoms with van der Waals surface area (Å²) in [5.41, 5.74) is 1.81. The zero-order valence-electron chi connectivity index (χ0n) is 13.3. The van der Waals surface area contributed by atoms with Crippen LogP contribution in [0.1, 0.15) is 18.5 Å². The van der Waals surface area contributed by atoms with Crippen molar-refractivity contribution < 1.29 is 0 Å². The standard InChI is InChI=1S/C17H19N7/c1-2-13(11-24(7-1)16-3-4-18-12-22-16)8-14-9-19-10-15(23-14)17-20-5-6-21-17/h3-6,9-10,12-13H,1-2,7-8,11H2,(H,20,21)/t13-/m1/s1. The van der Waals surface area contributed by atoms with Gasteiger partial charge in [0.25, 0.3) is 0 Å². The quantitative estimate of drug-likeness (QED) is 0.792. The maximum Gasteiger partial charge on any atom is 0.157 e. The second kappa shape index (κ2) is 6.74. The highest BCUT2D eigenvalue weighted by Crippen LogP contribution is 2.24. The van der Waals surface area contributed by atoms with Crippen LogP contribution in [0.25, 0.3) is 11.5 Å². The van der Waals surface area contributed by atoms with Gasteiger partial charge in [-0.3, -0.25) is 4.98 Å². The molecule has 7 heteroatoms. The number of anilines is 1. The highest BCUT2D eigenvalue weighted by Gasteiger charge is 2.22. The third-order valence-electron chi connectivity index (χ3n) is 4.33. The van der Waals surface area contributed by atoms with Gasteiger partial charge < -0.3 is 9.88 Å². The molecule has 4 heterocycles. The van der Waals surface area contributed by atoms with Crippen LogP contribution >= 0.6 is 0 Å². The van der Waals surface area contributed by atoms with Gasteiger partial charge in [0.15, 0.2) is 5.82 Å². The Hall–Kier alpha value is -2.83. The van der Waals surface area contributed by atoms with Crippen LogP contribution in [0.2, 0.25) is 0 Å². The van der Waals surface area contributed by atoms with Crippen molar-refractivity contribution in [3.05, 3.63) is 49.1 Å². The van der Waals surface area contributed by atoms with Gasteiger partial charge in [0, 0.05) is 37.9 Å². The minimum atomic E-state index is 0.551. The van der Waals surface area contributed by atoms with Crippen molar-refractivity contribution in [3.63, 3.8) is 0 Å². The summed E-state index contributed by atoms with van der Waals surface area (Å²) in [7, 11) is 0. The van der Waals surface area contributed by atoms with Crippen molar-refractivity contribution in [2.24, 2.45) is 5.92 Å². The van der Waals surface area contributed by atoms with Crippen molar-refractivity contribution in [2.75, 3.05) is 18.0 Å². The molecule has 1 aliphatic heterocycles. The average molecular weight is 321 g/mol. The van der Waals surface area contributed by atoms with Crippen molar-refractivity contribution in [1.29, 1.82) is 0 Å². The van der Waals surface area contributed by atoms with E-state index >= 15 is 0 Å². The van der Waals surface area contributed by atoms with Crippen LogP contribution in [0.5, 0.6) is 0 Å². The molecule has 1 saturated heterocycles. The summed E-state index contributed by atoms with van der Waals surface area (Å²) in [6.07, 6.45) is 13.8. The van der Waals surface area contributed by atoms with Gasteiger partial charge in [0.2, 0.25) is 0 Å². The molecule has 7 nitrogen and oxygen atoms in total. The van der Waals surface area contributed by atoms with Crippen LogP contribution in [0, 0.1) is 5.92 Å². The summed E-state index contributed by atoms with van der Waals surface area (Å²) < 4.78 is 0. The number of imidazole rings is 1. The highest BCUT2D eigenvalue weighted by molar-refractivity contribution is 5.46. The first-order valence-electron chi connectivity index (χ1n) is 8.20. The second-order valence-corrected chi connectivity index (χ2v) is 6.06. The van der Waals surface area contributed by atoms with Gasteiger partial charge in [0.1, 0.15) is 17.8 Å². The largest absolute Gasteiger partial charge is 0.356 e. The molecule has 4 rings (SSSR count). The van der Waals surface area contributed by atoms with Crippen LogP contribution in [-0.4, -0.2) is 43.0 Å². The number of rotatable bonds is 4. The molecule has 0 radical (unpaired) electrons. The Bertz CT molecular complexity index is 773. The highest BCUT2D eigenvalue weighted by atomic mass is 15.2. The number of nitrogens with one attached hydrogen (secondary N) is 1. The first kappa shape index (κ1) is 14.7. The van der Waals surface area contributed by atoms with Gasteiger partial charge in [-0.1, -0.05) is 0 Å². The second-order valence-electron chi connectivity index (χ2n) is 6.06. The molecule has 0 saturated carbocycles. The zero-order valence-corrected chi connectivity index (χ0v) is 13.3. The summed E-state index contributed by atoms with van der Waals surface area (Å²) in [6.45, 7) is 2.04. The molecule has 0 amide bonds. The molecule has 1 aliphatic rings. The lowest BCUT2D eigenvalue weighted by Gasteiger charge is -2.33. The Kier molecular flexibility index (Phi) is 4.14. The third kappa shape index (κ3) is 3.24. The van der Waals surface area contributed by atoms with E-state index in [0.29, 0.717) is 5.92 Å². The maximum atomic E-state index is 4.71. The summed E-state index contributed by atoms with van der Waals surface area (Å²) >= 11 is 0. The molecule has 0 bridgehead atoms. The van der Waals surface area contributed by atoms with Crippen LogP contribution in [0.3, 0.4) is 0 Å². The molecule has 1 N–H and O–H groups in total. The number of aromatic nitrogens is 6. The maximum absolute atomic E-state index is 4.71. The molecule has 0 unspecified atom stereocenters. The van der Waals surface area contributed by atoms with E-state index < -0.39 is 0 Å². The molecule has 122 valence electrons. The smallest absolute Gasteiger partial charge is 0.157 e. The number of aromatic amines is 1. The summed E-state index contributed by atoms with van der Waals surface area (Å²) in [6, 6.07) is 1.97. The van der Waals surface area contributed by atoms with Gasteiger partial charge in [-0.15, -0.1) is 0 Å². The normalized spacial score (nSPS) is 17.8. The van der Waals surface area contributed by atoms with E-state index in [1.807, 2.05) is 12.3 Å². The van der Waals surface area contributed by atoms with E-state index in [2.05, 4.69) is 29.8 Å². The molecular formula is C17H19N7. The fraction of sp³-hybridized carbons (Fsp3) is 0.353. The van der Waals surface area contributed by atoms with E-state index in [9.17, 15) is 0 Å². The number of piperidine rings is 1. The van der Waals surface area contributed by atoms with Crippen molar-refractivity contribution in [3.8, 4) is 11.5 Å². The van der Waals surface area contributed by atoms with Crippen LogP contribution in [0.4, 0.5) is 5.82 Å². The fourth-order valence-corrected chi connectivity index (χ4v) is 3.23. The molecule has 0 aliphatic carbocycles. The fourth-order valence-electron chi connectivity index (χ4n) is 3.23. The zero-order chi connectivity index (χ0) is 16.2. The topological polar surface area (TPSA) is 83.5 Å². The van der Waals surface area contributed by atoms with Crippen molar-refractivity contribution >= 4 is 5.82 Å². The van der Waals surface area contributed by atoms with E-state index in [0.717, 1.165) is 42.5 Å². The lowest BCUT2D eigenvalue weighted by Crippen LogP contribution is -2.36. The van der Waals surface area contributed by atoms with Gasteiger partial charge in [-0.2, -0.15) is 0 Å². The SMILES string of the molecule is c1cc(N2CCC[C@H](Cc3cncc(-c4ncc[nH]4)n3)C2)ncn1. The molecule has 3 aromatic heterocycles. The van der Waals surface area contributed by atoms with E-state index in [-0.39, 0.29) is 0 Å². The monoisotopic (exact) mass is 321 g/mol. The predicted octanol–water partition coefficient (Wildman–Crippen LogP) is 2.12. The number of hydrogen-bond acceptors (Lipinski definition) is 6. The van der Waals surface area contributed by atoms with E-state index in [1.54, 1.807) is 31.1 Å². The number of H-pyrrole nitrogens is 1. The number of hydrogen-bond donors (Lipinski definition) is 1. The van der Waals surface area contributed by atoms with Gasteiger partial charge >= 0.3 is 0 Å². The van der Waals surface area contributed by atoms with Gasteiger partial charge in [-0.25, -0.2) is 19.9 Å². The van der Waals surface area contributed by atoms with Gasteiger partial charge in [-0.05, 0) is 31.2 Å². The Balaban J connectivity index is 1.46. The minimum Gasteiger partial charge on any atom is -0.356 e. The van der Waals surface area contributed by atoms with Crippen LogP contribution in [-0.2, 0) is 6.42 Å². The Morgan fingerprint density at radius 2 is 2.17 bits per heavy atom. The first-order valence-corrected chi connectivity index (χ1v) is 8.20. The molecule has 0 aromatic carbocycles. The average Bonchev–Trinajstić information content (AvgIpc) is 3.18. The Morgan fingerprint density at radius 3 is 3.00 bits per heavy atom. The Labute approximate surface area is 140 Å². The summed E-state index contributed by atoms with van der Waals surface area (Å²) in [4.78, 5) is 27.1. The predicted molar refractivity (Wildman–Crippen MR) is 90.3 cm³/mol. The van der Waals surface area contributed by atoms with Crippen LogP contribution < -0.4 is 4.90 Å². The van der Waals surface area contributed by atoms with E-state index in [4.69, 9.17) is 4.98 Å². The molecule has 0 spiro atoms. The van der Waals surface area contributed by atoms with Crippen LogP contribution in [0.15, 0.2) is 43.4 Å². The third-order valence-corrected chi connectivity index (χ3v) is 4.33. The first-order chi connectivity index (χ1) is 11.9. The lowest BCUT2D eigenvalue weighted by atomic mass is 9.93. The van der Waals surface area contributed by atoms with Gasteiger partial charge in [0.05, 0.1) is 11.9 Å². The summed E-state index contributed by atoms with van der Waals surface area (Å²) in [5.74, 6) is 2.32. The molecule has 24 heavy (non-hydrogen) atoms. The summed E-state index contributed by atoms with van der Waals surface area (Å²) in [5, 5.41) is 0. The number of nitrogens with zero attached hydrogens (tertiary/aromatic N) is 6. The minimum absolute atomic E-state index is 0.551. The van der Waals surface area contributed by atoms with E-state index in [1.165, 1.54) is 12.8 Å². The van der Waals surface area contributed by atoms with Crippen molar-refractivity contribution in [2.45, 2.75) is 19.3 Å². The van der Waals surface area contributed by atoms with Crippen molar-refractivity contribution in [1.82, 2.24) is 29.9 Å². The molecular weight excluding hydrogens is 302 g/mol. The molecule has 1 atom stereocenters.